The number of nitrogens with zero attached hydrogens (tertiary/aromatic N) is 1. The van der Waals surface area contributed by atoms with Gasteiger partial charge in [0.2, 0.25) is 18.6 Å². The van der Waals surface area contributed by atoms with Gasteiger partial charge in [-0.15, -0.1) is 0 Å². The SMILES string of the molecule is CC(C)(CCCCOc1cc(-c2ccc3c(c2)OCO3)cc(-c2ccccc2)n1)C(=O)NC(Cc1ccc(O)cc1)C(=O)O. The molecule has 228 valence electrons. The van der Waals surface area contributed by atoms with Crippen molar-refractivity contribution in [1.29, 1.82) is 0 Å². The van der Waals surface area contributed by atoms with Gasteiger partial charge in [0.1, 0.15) is 11.8 Å². The molecule has 44 heavy (non-hydrogen) atoms. The van der Waals surface area contributed by atoms with Crippen LogP contribution in [-0.4, -0.2) is 46.5 Å². The Hall–Kier alpha value is -5.05. The van der Waals surface area contributed by atoms with Gasteiger partial charge in [0.25, 0.3) is 0 Å². The van der Waals surface area contributed by atoms with Gasteiger partial charge in [0.05, 0.1) is 12.3 Å². The summed E-state index contributed by atoms with van der Waals surface area (Å²) in [6, 6.07) is 24.8. The van der Waals surface area contributed by atoms with E-state index in [1.165, 1.54) is 12.1 Å². The summed E-state index contributed by atoms with van der Waals surface area (Å²) < 4.78 is 17.1. The van der Waals surface area contributed by atoms with E-state index in [0.717, 1.165) is 28.1 Å². The summed E-state index contributed by atoms with van der Waals surface area (Å²) in [5, 5.41) is 21.8. The Labute approximate surface area is 256 Å². The van der Waals surface area contributed by atoms with Gasteiger partial charge in [-0.1, -0.05) is 62.4 Å². The van der Waals surface area contributed by atoms with Gasteiger partial charge in [-0.05, 0) is 66.3 Å². The number of ether oxygens (including phenoxy) is 3. The first-order valence-corrected chi connectivity index (χ1v) is 14.6. The number of hydrogen-bond acceptors (Lipinski definition) is 7. The number of amides is 1. The van der Waals surface area contributed by atoms with Gasteiger partial charge in [0, 0.05) is 23.5 Å². The highest BCUT2D eigenvalue weighted by molar-refractivity contribution is 5.87. The lowest BCUT2D eigenvalue weighted by Gasteiger charge is -2.26. The summed E-state index contributed by atoms with van der Waals surface area (Å²) in [7, 11) is 0. The van der Waals surface area contributed by atoms with E-state index in [2.05, 4.69) is 5.32 Å². The molecule has 1 aromatic heterocycles. The zero-order chi connectivity index (χ0) is 31.1. The Bertz CT molecular complexity index is 1600. The van der Waals surface area contributed by atoms with E-state index in [1.54, 1.807) is 12.1 Å². The van der Waals surface area contributed by atoms with E-state index in [4.69, 9.17) is 19.2 Å². The van der Waals surface area contributed by atoms with E-state index in [1.807, 2.05) is 74.5 Å². The molecule has 9 nitrogen and oxygen atoms in total. The molecule has 0 saturated carbocycles. The number of carboxylic acids is 1. The third-order valence-corrected chi connectivity index (χ3v) is 7.62. The van der Waals surface area contributed by atoms with E-state index in [9.17, 15) is 19.8 Å². The zero-order valence-electron chi connectivity index (χ0n) is 24.8. The largest absolute Gasteiger partial charge is 0.508 e. The molecule has 5 rings (SSSR count). The van der Waals surface area contributed by atoms with Gasteiger partial charge in [-0.3, -0.25) is 4.79 Å². The molecule has 0 aliphatic carbocycles. The number of benzene rings is 3. The molecular weight excluding hydrogens is 560 g/mol. The molecule has 1 aliphatic rings. The minimum Gasteiger partial charge on any atom is -0.508 e. The molecule has 0 saturated heterocycles. The van der Waals surface area contributed by atoms with Crippen molar-refractivity contribution in [3.8, 4) is 45.5 Å². The molecule has 4 aromatic rings. The molecule has 0 radical (unpaired) electrons. The van der Waals surface area contributed by atoms with Crippen molar-refractivity contribution >= 4 is 11.9 Å². The second-order valence-electron chi connectivity index (χ2n) is 11.4. The standard InChI is InChI=1S/C35H36N2O7/c1-35(2,34(41)37-29(33(39)40)18-23-10-13-27(38)14-11-23)16-6-7-17-42-32-21-26(19-28(36-32)24-8-4-3-5-9-24)25-12-15-30-31(20-25)44-22-43-30/h3-5,8-15,19-21,29,38H,6-7,16-18,22H2,1-2H3,(H,37,41)(H,39,40). The van der Waals surface area contributed by atoms with Crippen molar-refractivity contribution in [3.63, 3.8) is 0 Å². The van der Waals surface area contributed by atoms with Crippen molar-refractivity contribution in [2.24, 2.45) is 5.41 Å². The van der Waals surface area contributed by atoms with E-state index in [-0.39, 0.29) is 24.9 Å². The quantitative estimate of drug-likeness (QED) is 0.155. The van der Waals surface area contributed by atoms with Crippen LogP contribution in [0.1, 0.15) is 38.7 Å². The van der Waals surface area contributed by atoms with Crippen LogP contribution in [0.3, 0.4) is 0 Å². The van der Waals surface area contributed by atoms with Crippen LogP contribution in [0.4, 0.5) is 0 Å². The number of phenolic OH excluding ortho intramolecular Hbond substituents is 1. The molecule has 9 heteroatoms. The van der Waals surface area contributed by atoms with Crippen LogP contribution in [0.5, 0.6) is 23.1 Å². The molecule has 0 bridgehead atoms. The van der Waals surface area contributed by atoms with Crippen LogP contribution >= 0.6 is 0 Å². The molecule has 1 aliphatic heterocycles. The third kappa shape index (κ3) is 7.66. The van der Waals surface area contributed by atoms with Crippen molar-refractivity contribution in [2.45, 2.75) is 45.6 Å². The number of unbranched alkanes of at least 4 members (excludes halogenated alkanes) is 1. The number of aliphatic carboxylic acids is 1. The molecule has 0 fully saturated rings. The van der Waals surface area contributed by atoms with Crippen LogP contribution in [0.15, 0.2) is 84.9 Å². The lowest BCUT2D eigenvalue weighted by molar-refractivity contribution is -0.143. The fourth-order valence-corrected chi connectivity index (χ4v) is 4.96. The predicted molar refractivity (Wildman–Crippen MR) is 166 cm³/mol. The first-order valence-electron chi connectivity index (χ1n) is 14.6. The minimum absolute atomic E-state index is 0.0968. The maximum Gasteiger partial charge on any atom is 0.326 e. The Kier molecular flexibility index (Phi) is 9.33. The highest BCUT2D eigenvalue weighted by atomic mass is 16.7. The second-order valence-corrected chi connectivity index (χ2v) is 11.4. The first-order chi connectivity index (χ1) is 21.2. The lowest BCUT2D eigenvalue weighted by Crippen LogP contribution is -2.47. The maximum absolute atomic E-state index is 13.1. The topological polar surface area (TPSA) is 127 Å². The number of phenols is 1. The third-order valence-electron chi connectivity index (χ3n) is 7.62. The summed E-state index contributed by atoms with van der Waals surface area (Å²) in [5.74, 6) is 0.574. The Morgan fingerprint density at radius 1 is 0.909 bits per heavy atom. The molecule has 2 heterocycles. The number of hydrogen-bond donors (Lipinski definition) is 3. The van der Waals surface area contributed by atoms with Crippen molar-refractivity contribution in [3.05, 3.63) is 90.5 Å². The molecule has 1 atom stereocenters. The number of carbonyl (C=O) groups is 2. The average Bonchev–Trinajstić information content (AvgIpc) is 3.50. The molecule has 1 unspecified atom stereocenters. The number of pyridine rings is 1. The van der Waals surface area contributed by atoms with E-state index >= 15 is 0 Å². The highest BCUT2D eigenvalue weighted by Crippen LogP contribution is 2.37. The average molecular weight is 597 g/mol. The number of rotatable bonds is 13. The summed E-state index contributed by atoms with van der Waals surface area (Å²) in [6.45, 7) is 4.23. The van der Waals surface area contributed by atoms with Gasteiger partial charge in [0.15, 0.2) is 11.5 Å². The van der Waals surface area contributed by atoms with Gasteiger partial charge >= 0.3 is 5.97 Å². The fourth-order valence-electron chi connectivity index (χ4n) is 4.96. The Balaban J connectivity index is 1.19. The number of aromatic hydroxyl groups is 1. The molecule has 3 N–H and O–H groups in total. The summed E-state index contributed by atoms with van der Waals surface area (Å²) >= 11 is 0. The Morgan fingerprint density at radius 2 is 1.66 bits per heavy atom. The number of carbonyl (C=O) groups excluding carboxylic acids is 1. The molecule has 3 aromatic carbocycles. The molecular formula is C35H36N2O7. The zero-order valence-corrected chi connectivity index (χ0v) is 24.8. The second kappa shape index (κ2) is 13.5. The molecule has 0 spiro atoms. The van der Waals surface area contributed by atoms with Crippen LogP contribution in [-0.2, 0) is 16.0 Å². The highest BCUT2D eigenvalue weighted by Gasteiger charge is 2.31. The van der Waals surface area contributed by atoms with Crippen LogP contribution < -0.4 is 19.5 Å². The number of nitrogens with one attached hydrogen (secondary N) is 1. The van der Waals surface area contributed by atoms with Crippen molar-refractivity contribution in [1.82, 2.24) is 10.3 Å². The number of carboxylic acid groups (broad SMARTS) is 1. The number of aromatic nitrogens is 1. The number of fused-ring (bicyclic) bond motifs is 1. The minimum atomic E-state index is -1.11. The first kappa shape index (κ1) is 30.4. The summed E-state index contributed by atoms with van der Waals surface area (Å²) in [4.78, 5) is 29.7. The summed E-state index contributed by atoms with van der Waals surface area (Å²) in [5.41, 5.74) is 3.58. The fraction of sp³-hybridized carbons (Fsp3) is 0.286. The normalized spacial score (nSPS) is 12.9. The van der Waals surface area contributed by atoms with Crippen molar-refractivity contribution in [2.75, 3.05) is 13.4 Å². The maximum atomic E-state index is 13.1. The molecule has 1 amide bonds. The van der Waals surface area contributed by atoms with Crippen LogP contribution in [0.2, 0.25) is 0 Å². The van der Waals surface area contributed by atoms with Crippen molar-refractivity contribution < 1.29 is 34.0 Å². The monoisotopic (exact) mass is 596 g/mol. The van der Waals surface area contributed by atoms with Gasteiger partial charge in [-0.2, -0.15) is 0 Å². The Morgan fingerprint density at radius 3 is 2.41 bits per heavy atom. The van der Waals surface area contributed by atoms with E-state index < -0.39 is 17.4 Å². The van der Waals surface area contributed by atoms with Gasteiger partial charge in [-0.25, -0.2) is 9.78 Å². The summed E-state index contributed by atoms with van der Waals surface area (Å²) in [6.07, 6.45) is 2.05. The van der Waals surface area contributed by atoms with E-state index in [0.29, 0.717) is 43.1 Å². The van der Waals surface area contributed by atoms with Crippen LogP contribution in [0, 0.1) is 5.41 Å². The predicted octanol–water partition coefficient (Wildman–Crippen LogP) is 6.24. The lowest BCUT2D eigenvalue weighted by atomic mass is 9.85. The van der Waals surface area contributed by atoms with Gasteiger partial charge < -0.3 is 29.7 Å². The van der Waals surface area contributed by atoms with Crippen LogP contribution in [0.25, 0.3) is 22.4 Å². The smallest absolute Gasteiger partial charge is 0.326 e.